The number of rotatable bonds is 5. The average Bonchev–Trinajstić information content (AvgIpc) is 3.01. The van der Waals surface area contributed by atoms with Crippen LogP contribution in [-0.4, -0.2) is 60.5 Å². The summed E-state index contributed by atoms with van der Waals surface area (Å²) in [5.41, 5.74) is 3.34. The Bertz CT molecular complexity index is 850. The van der Waals surface area contributed by atoms with Gasteiger partial charge in [0.05, 0.1) is 12.6 Å². The molecule has 170 valence electrons. The van der Waals surface area contributed by atoms with Crippen molar-refractivity contribution in [1.82, 2.24) is 14.9 Å². The number of carbonyl (C=O) groups is 1. The molecule has 1 unspecified atom stereocenters. The number of ether oxygens (including phenoxy) is 1. The number of methoxy groups -OCH3 is 1. The van der Waals surface area contributed by atoms with Gasteiger partial charge in [-0.1, -0.05) is 12.0 Å². The van der Waals surface area contributed by atoms with Gasteiger partial charge in [-0.25, -0.2) is 0 Å². The van der Waals surface area contributed by atoms with E-state index < -0.39 is 11.4 Å². The summed E-state index contributed by atoms with van der Waals surface area (Å²) in [4.78, 5) is 13.8. The van der Waals surface area contributed by atoms with Crippen LogP contribution in [0.5, 0.6) is 0 Å². The molecule has 1 aliphatic heterocycles. The number of benzene rings is 1. The summed E-state index contributed by atoms with van der Waals surface area (Å²) < 4.78 is 21.2. The van der Waals surface area contributed by atoms with Gasteiger partial charge in [-0.15, -0.1) is 4.72 Å². The van der Waals surface area contributed by atoms with Crippen LogP contribution in [0.3, 0.4) is 0 Å². The standard InChI is InChI=1S/C24H35N3O3S/c1-23(2,3)31(29)26-22-20-16-18(7-9-21(28)27(4)14-15-30-5)6-8-19(20)17-24(22)10-12-25-13-11-24/h6,8,16,22,25-26H,10-15,17H2,1-5H3/t22-,31?/m1/s1. The largest absolute Gasteiger partial charge is 0.598 e. The lowest BCUT2D eigenvalue weighted by Crippen LogP contribution is -2.48. The van der Waals surface area contributed by atoms with Crippen molar-refractivity contribution in [3.05, 3.63) is 34.9 Å². The van der Waals surface area contributed by atoms with Crippen molar-refractivity contribution in [2.45, 2.75) is 50.8 Å². The highest BCUT2D eigenvalue weighted by atomic mass is 32.2. The molecule has 1 aromatic carbocycles. The van der Waals surface area contributed by atoms with Gasteiger partial charge < -0.3 is 19.5 Å². The molecule has 2 atom stereocenters. The zero-order chi connectivity index (χ0) is 22.6. The van der Waals surface area contributed by atoms with Gasteiger partial charge in [0.15, 0.2) is 0 Å². The number of hydrogen-bond acceptors (Lipinski definition) is 5. The molecule has 1 aliphatic carbocycles. The SMILES string of the molecule is COCCN(C)C(=O)C#Cc1ccc2c(c1)[C@@H](N[S+]([O-])C(C)(C)C)C1(CCNCC1)C2. The topological polar surface area (TPSA) is 76.7 Å². The third-order valence-electron chi connectivity index (χ3n) is 6.28. The lowest BCUT2D eigenvalue weighted by molar-refractivity contribution is -0.124. The molecule has 1 heterocycles. The summed E-state index contributed by atoms with van der Waals surface area (Å²) in [5.74, 6) is 5.54. The summed E-state index contributed by atoms with van der Waals surface area (Å²) >= 11 is -1.17. The van der Waals surface area contributed by atoms with E-state index in [4.69, 9.17) is 4.74 Å². The number of nitrogens with one attached hydrogen (secondary N) is 2. The molecule has 31 heavy (non-hydrogen) atoms. The van der Waals surface area contributed by atoms with E-state index in [0.717, 1.165) is 37.9 Å². The van der Waals surface area contributed by atoms with E-state index >= 15 is 0 Å². The maximum absolute atomic E-state index is 13.0. The number of piperidine rings is 1. The first-order chi connectivity index (χ1) is 14.7. The van der Waals surface area contributed by atoms with Crippen LogP contribution in [-0.2, 0) is 27.3 Å². The van der Waals surface area contributed by atoms with E-state index in [1.165, 1.54) is 11.1 Å². The van der Waals surface area contributed by atoms with E-state index in [1.807, 2.05) is 26.8 Å². The van der Waals surface area contributed by atoms with Gasteiger partial charge in [-0.2, -0.15) is 0 Å². The van der Waals surface area contributed by atoms with Gasteiger partial charge >= 0.3 is 0 Å². The molecule has 6 nitrogen and oxygen atoms in total. The predicted octanol–water partition coefficient (Wildman–Crippen LogP) is 2.16. The number of likely N-dealkylation sites (N-methyl/N-ethyl adjacent to an activating group) is 1. The van der Waals surface area contributed by atoms with Crippen LogP contribution in [0.1, 0.15) is 56.3 Å². The summed E-state index contributed by atoms with van der Waals surface area (Å²) in [6.45, 7) is 8.93. The second-order valence-electron chi connectivity index (χ2n) is 9.60. The fraction of sp³-hybridized carbons (Fsp3) is 0.625. The molecule has 1 fully saturated rings. The minimum absolute atomic E-state index is 0.0199. The number of nitrogens with zero attached hydrogens (tertiary/aromatic N) is 1. The van der Waals surface area contributed by atoms with E-state index in [9.17, 15) is 9.35 Å². The Labute approximate surface area is 189 Å². The number of amides is 1. The van der Waals surface area contributed by atoms with Crippen molar-refractivity contribution in [1.29, 1.82) is 0 Å². The first kappa shape index (κ1) is 24.1. The van der Waals surface area contributed by atoms with Crippen LogP contribution in [0.15, 0.2) is 18.2 Å². The maximum Gasteiger partial charge on any atom is 0.298 e. The van der Waals surface area contributed by atoms with Crippen LogP contribution in [0, 0.1) is 17.3 Å². The smallest absolute Gasteiger partial charge is 0.298 e. The van der Waals surface area contributed by atoms with E-state index in [1.54, 1.807) is 19.1 Å². The van der Waals surface area contributed by atoms with Crippen molar-refractivity contribution in [2.24, 2.45) is 5.41 Å². The second-order valence-corrected chi connectivity index (χ2v) is 11.6. The summed E-state index contributed by atoms with van der Waals surface area (Å²) in [7, 11) is 3.34. The predicted molar refractivity (Wildman–Crippen MR) is 125 cm³/mol. The van der Waals surface area contributed by atoms with E-state index in [0.29, 0.717) is 13.2 Å². The zero-order valence-corrected chi connectivity index (χ0v) is 20.2. The first-order valence-corrected chi connectivity index (χ1v) is 12.1. The molecule has 1 amide bonds. The molecule has 0 radical (unpaired) electrons. The highest BCUT2D eigenvalue weighted by molar-refractivity contribution is 7.90. The Hall–Kier alpha value is -1.56. The number of carbonyl (C=O) groups excluding carboxylic acids is 1. The molecule has 3 rings (SSSR count). The van der Waals surface area contributed by atoms with Crippen molar-refractivity contribution in [3.8, 4) is 11.8 Å². The van der Waals surface area contributed by atoms with Crippen LogP contribution in [0.4, 0.5) is 0 Å². The fourth-order valence-electron chi connectivity index (χ4n) is 4.33. The Morgan fingerprint density at radius 3 is 2.74 bits per heavy atom. The molecule has 1 aromatic rings. The second kappa shape index (κ2) is 9.93. The third kappa shape index (κ3) is 5.63. The van der Waals surface area contributed by atoms with Crippen LogP contribution >= 0.6 is 0 Å². The quantitative estimate of drug-likeness (QED) is 0.537. The summed E-state index contributed by atoms with van der Waals surface area (Å²) in [6.07, 6.45) is 3.07. The molecule has 2 N–H and O–H groups in total. The minimum Gasteiger partial charge on any atom is -0.598 e. The van der Waals surface area contributed by atoms with E-state index in [2.05, 4.69) is 34.0 Å². The molecule has 2 aliphatic rings. The van der Waals surface area contributed by atoms with Gasteiger partial charge in [-0.05, 0) is 76.4 Å². The van der Waals surface area contributed by atoms with Crippen molar-refractivity contribution in [3.63, 3.8) is 0 Å². The van der Waals surface area contributed by atoms with E-state index in [-0.39, 0.29) is 22.1 Å². The number of fused-ring (bicyclic) bond motifs is 1. The molecular weight excluding hydrogens is 410 g/mol. The van der Waals surface area contributed by atoms with Crippen LogP contribution < -0.4 is 10.0 Å². The van der Waals surface area contributed by atoms with Gasteiger partial charge in [0.25, 0.3) is 5.91 Å². The monoisotopic (exact) mass is 445 g/mol. The Kier molecular flexibility index (Phi) is 7.72. The molecule has 0 bridgehead atoms. The molecular formula is C24H35N3O3S. The highest BCUT2D eigenvalue weighted by Gasteiger charge is 2.49. The fourth-order valence-corrected chi connectivity index (χ4v) is 5.27. The van der Waals surface area contributed by atoms with Gasteiger partial charge in [-0.3, -0.25) is 4.79 Å². The minimum atomic E-state index is -1.17. The number of hydrogen-bond donors (Lipinski definition) is 2. The molecule has 1 spiro atoms. The molecule has 0 aromatic heterocycles. The summed E-state index contributed by atoms with van der Waals surface area (Å²) in [5, 5.41) is 3.46. The normalized spacial score (nSPS) is 20.6. The molecule has 7 heteroatoms. The molecule has 0 saturated carbocycles. The van der Waals surface area contributed by atoms with Crippen LogP contribution in [0.2, 0.25) is 0 Å². The first-order valence-electron chi connectivity index (χ1n) is 10.9. The lowest BCUT2D eigenvalue weighted by Gasteiger charge is -2.40. The Morgan fingerprint density at radius 1 is 1.39 bits per heavy atom. The third-order valence-corrected chi connectivity index (χ3v) is 7.85. The molecule has 1 saturated heterocycles. The Balaban J connectivity index is 1.86. The van der Waals surface area contributed by atoms with Crippen molar-refractivity contribution in [2.75, 3.05) is 40.4 Å². The van der Waals surface area contributed by atoms with Crippen molar-refractivity contribution < 1.29 is 14.1 Å². The van der Waals surface area contributed by atoms with Gasteiger partial charge in [0.1, 0.15) is 4.75 Å². The van der Waals surface area contributed by atoms with Crippen molar-refractivity contribution >= 4 is 17.3 Å². The van der Waals surface area contributed by atoms with Gasteiger partial charge in [0, 0.05) is 49.0 Å². The zero-order valence-electron chi connectivity index (χ0n) is 19.3. The van der Waals surface area contributed by atoms with Crippen LogP contribution in [0.25, 0.3) is 0 Å². The average molecular weight is 446 g/mol. The lowest BCUT2D eigenvalue weighted by atomic mass is 9.73. The Morgan fingerprint density at radius 2 is 2.10 bits per heavy atom. The summed E-state index contributed by atoms with van der Waals surface area (Å²) in [6, 6.07) is 6.22. The highest BCUT2D eigenvalue weighted by Crippen LogP contribution is 2.51. The van der Waals surface area contributed by atoms with Gasteiger partial charge in [0.2, 0.25) is 0 Å². The maximum atomic E-state index is 13.0.